The molecule has 0 spiro atoms. The maximum absolute atomic E-state index is 12.9. The van der Waals surface area contributed by atoms with Crippen LogP contribution in [0.2, 0.25) is 0 Å². The van der Waals surface area contributed by atoms with Crippen LogP contribution >= 0.6 is 0 Å². The Balaban J connectivity index is 1.70. The number of hydrogen-bond acceptors (Lipinski definition) is 4. The van der Waals surface area contributed by atoms with Gasteiger partial charge in [-0.15, -0.1) is 0 Å². The first-order valence-corrected chi connectivity index (χ1v) is 11.3. The molecule has 3 aromatic carbocycles. The van der Waals surface area contributed by atoms with Gasteiger partial charge in [-0.05, 0) is 66.1 Å². The van der Waals surface area contributed by atoms with Gasteiger partial charge in [-0.1, -0.05) is 44.2 Å². The minimum Gasteiger partial charge on any atom is -0.497 e. The zero-order valence-corrected chi connectivity index (χ0v) is 19.9. The summed E-state index contributed by atoms with van der Waals surface area (Å²) in [7, 11) is 1.61. The topological polar surface area (TPSA) is 79.9 Å². The van der Waals surface area contributed by atoms with Crippen LogP contribution in [-0.2, 0) is 4.79 Å². The minimum absolute atomic E-state index is 0.0136. The number of nitrogens with one attached hydrogen (secondary N) is 1. The van der Waals surface area contributed by atoms with Crippen LogP contribution < -0.4 is 10.1 Å². The zero-order valence-electron chi connectivity index (χ0n) is 19.9. The molecule has 1 amide bonds. The van der Waals surface area contributed by atoms with Gasteiger partial charge in [0.2, 0.25) is 0 Å². The van der Waals surface area contributed by atoms with Gasteiger partial charge in [0.05, 0.1) is 18.5 Å². The highest BCUT2D eigenvalue weighted by Gasteiger charge is 2.16. The number of carbonyl (C=O) groups is 1. The molecule has 0 bridgehead atoms. The second kappa shape index (κ2) is 10.5. The van der Waals surface area contributed by atoms with Crippen molar-refractivity contribution in [2.45, 2.75) is 19.8 Å². The Labute approximate surface area is 205 Å². The van der Waals surface area contributed by atoms with Gasteiger partial charge >= 0.3 is 0 Å². The first-order valence-electron chi connectivity index (χ1n) is 11.3. The van der Waals surface area contributed by atoms with E-state index >= 15 is 0 Å². The Kier molecular flexibility index (Phi) is 7.08. The van der Waals surface area contributed by atoms with Crippen molar-refractivity contribution < 1.29 is 9.53 Å². The van der Waals surface area contributed by atoms with Crippen molar-refractivity contribution in [3.8, 4) is 28.8 Å². The quantitative estimate of drug-likeness (QED) is 0.261. The molecule has 0 saturated heterocycles. The average Bonchev–Trinajstić information content (AvgIpc) is 3.32. The third kappa shape index (κ3) is 5.48. The van der Waals surface area contributed by atoms with E-state index in [1.54, 1.807) is 17.9 Å². The molecule has 1 N–H and O–H groups in total. The number of nitriles is 1. The first-order chi connectivity index (χ1) is 17.0. The minimum atomic E-state index is -0.474. The number of methoxy groups -OCH3 is 1. The molecule has 0 aliphatic carbocycles. The standard InChI is InChI=1S/C29H26N4O2/c1-20(2)21-9-13-25(14-10-21)31-29(34)23(18-30)17-24-19-33(26-7-5-4-6-8-26)32-28(24)22-11-15-27(35-3)16-12-22/h4-17,19-20H,1-3H3,(H,31,34). The van der Waals surface area contributed by atoms with E-state index in [0.29, 0.717) is 22.9 Å². The molecule has 0 saturated carbocycles. The Hall–Kier alpha value is -4.63. The summed E-state index contributed by atoms with van der Waals surface area (Å²) in [5.74, 6) is 0.652. The molecule has 0 fully saturated rings. The van der Waals surface area contributed by atoms with E-state index in [1.165, 1.54) is 5.56 Å². The van der Waals surface area contributed by atoms with E-state index in [0.717, 1.165) is 17.0 Å². The van der Waals surface area contributed by atoms with Gasteiger partial charge in [0.15, 0.2) is 0 Å². The number of benzene rings is 3. The van der Waals surface area contributed by atoms with Crippen molar-refractivity contribution >= 4 is 17.7 Å². The van der Waals surface area contributed by atoms with Crippen LogP contribution in [0.1, 0.15) is 30.9 Å². The van der Waals surface area contributed by atoms with Gasteiger partial charge in [-0.3, -0.25) is 4.79 Å². The number of hydrogen-bond donors (Lipinski definition) is 1. The number of ether oxygens (including phenoxy) is 1. The third-order valence-corrected chi connectivity index (χ3v) is 5.63. The molecule has 4 rings (SSSR count). The summed E-state index contributed by atoms with van der Waals surface area (Å²) in [6.07, 6.45) is 3.39. The molecule has 174 valence electrons. The van der Waals surface area contributed by atoms with E-state index in [9.17, 15) is 10.1 Å². The molecule has 0 radical (unpaired) electrons. The summed E-state index contributed by atoms with van der Waals surface area (Å²) in [6, 6.07) is 26.9. The number of anilines is 1. The molecular weight excluding hydrogens is 436 g/mol. The Bertz CT molecular complexity index is 1380. The smallest absolute Gasteiger partial charge is 0.266 e. The van der Waals surface area contributed by atoms with Crippen molar-refractivity contribution in [2.75, 3.05) is 12.4 Å². The molecule has 1 heterocycles. The van der Waals surface area contributed by atoms with Crippen molar-refractivity contribution in [3.63, 3.8) is 0 Å². The fourth-order valence-electron chi connectivity index (χ4n) is 3.63. The number of aromatic nitrogens is 2. The van der Waals surface area contributed by atoms with Crippen LogP contribution in [-0.4, -0.2) is 22.8 Å². The molecule has 0 aliphatic heterocycles. The monoisotopic (exact) mass is 462 g/mol. The lowest BCUT2D eigenvalue weighted by Gasteiger charge is -2.08. The van der Waals surface area contributed by atoms with E-state index in [2.05, 4.69) is 19.2 Å². The number of nitrogens with zero attached hydrogens (tertiary/aromatic N) is 3. The largest absolute Gasteiger partial charge is 0.497 e. The lowest BCUT2D eigenvalue weighted by Crippen LogP contribution is -2.13. The van der Waals surface area contributed by atoms with Crippen LogP contribution in [0, 0.1) is 11.3 Å². The predicted octanol–water partition coefficient (Wildman–Crippen LogP) is 6.22. The summed E-state index contributed by atoms with van der Waals surface area (Å²) in [6.45, 7) is 4.22. The number of para-hydroxylation sites is 1. The van der Waals surface area contributed by atoms with Gasteiger partial charge in [-0.25, -0.2) is 4.68 Å². The zero-order chi connectivity index (χ0) is 24.8. The molecule has 0 atom stereocenters. The van der Waals surface area contributed by atoms with Crippen LogP contribution in [0.15, 0.2) is 90.6 Å². The second-order valence-corrected chi connectivity index (χ2v) is 8.34. The number of rotatable bonds is 7. The maximum atomic E-state index is 12.9. The highest BCUT2D eigenvalue weighted by Crippen LogP contribution is 2.28. The molecule has 35 heavy (non-hydrogen) atoms. The summed E-state index contributed by atoms with van der Waals surface area (Å²) in [5, 5.41) is 17.4. The Morgan fingerprint density at radius 1 is 1.03 bits per heavy atom. The molecule has 0 aliphatic rings. The highest BCUT2D eigenvalue weighted by molar-refractivity contribution is 6.10. The maximum Gasteiger partial charge on any atom is 0.266 e. The van der Waals surface area contributed by atoms with Crippen LogP contribution in [0.4, 0.5) is 5.69 Å². The third-order valence-electron chi connectivity index (χ3n) is 5.63. The Morgan fingerprint density at radius 3 is 2.31 bits per heavy atom. The molecule has 6 nitrogen and oxygen atoms in total. The molecular formula is C29H26N4O2. The van der Waals surface area contributed by atoms with Gasteiger partial charge in [0.1, 0.15) is 17.4 Å². The van der Waals surface area contributed by atoms with E-state index in [4.69, 9.17) is 9.84 Å². The van der Waals surface area contributed by atoms with E-state index in [-0.39, 0.29) is 5.57 Å². The van der Waals surface area contributed by atoms with Crippen molar-refractivity contribution in [1.82, 2.24) is 9.78 Å². The lowest BCUT2D eigenvalue weighted by molar-refractivity contribution is -0.112. The second-order valence-electron chi connectivity index (χ2n) is 8.34. The Morgan fingerprint density at radius 2 is 1.71 bits per heavy atom. The van der Waals surface area contributed by atoms with Crippen LogP contribution in [0.5, 0.6) is 5.75 Å². The van der Waals surface area contributed by atoms with Gasteiger partial charge in [-0.2, -0.15) is 10.4 Å². The van der Waals surface area contributed by atoms with Gasteiger partial charge in [0.25, 0.3) is 5.91 Å². The molecule has 0 unspecified atom stereocenters. The van der Waals surface area contributed by atoms with Gasteiger partial charge < -0.3 is 10.1 Å². The van der Waals surface area contributed by atoms with Crippen LogP contribution in [0.25, 0.3) is 23.0 Å². The molecule has 6 heteroatoms. The molecule has 4 aromatic rings. The fraction of sp³-hybridized carbons (Fsp3) is 0.138. The molecule has 1 aromatic heterocycles. The average molecular weight is 463 g/mol. The van der Waals surface area contributed by atoms with Gasteiger partial charge in [0, 0.05) is 23.0 Å². The lowest BCUT2D eigenvalue weighted by atomic mass is 10.0. The summed E-state index contributed by atoms with van der Waals surface area (Å²) in [4.78, 5) is 12.9. The summed E-state index contributed by atoms with van der Waals surface area (Å²) >= 11 is 0. The van der Waals surface area contributed by atoms with Crippen molar-refractivity contribution in [1.29, 1.82) is 5.26 Å². The summed E-state index contributed by atoms with van der Waals surface area (Å²) < 4.78 is 7.01. The van der Waals surface area contributed by atoms with E-state index < -0.39 is 5.91 Å². The highest BCUT2D eigenvalue weighted by atomic mass is 16.5. The van der Waals surface area contributed by atoms with E-state index in [1.807, 2.05) is 91.1 Å². The summed E-state index contributed by atoms with van der Waals surface area (Å²) in [5.41, 5.74) is 4.82. The fourth-order valence-corrected chi connectivity index (χ4v) is 3.63. The number of amides is 1. The predicted molar refractivity (Wildman–Crippen MR) is 138 cm³/mol. The normalized spacial score (nSPS) is 11.2. The van der Waals surface area contributed by atoms with Crippen molar-refractivity contribution in [2.24, 2.45) is 0 Å². The van der Waals surface area contributed by atoms with Crippen LogP contribution in [0.3, 0.4) is 0 Å². The first kappa shape index (κ1) is 23.5. The number of carbonyl (C=O) groups excluding carboxylic acids is 1. The SMILES string of the molecule is COc1ccc(-c2nn(-c3ccccc3)cc2C=C(C#N)C(=O)Nc2ccc(C(C)C)cc2)cc1. The van der Waals surface area contributed by atoms with Crippen molar-refractivity contribution in [3.05, 3.63) is 102 Å².